The van der Waals surface area contributed by atoms with Gasteiger partial charge in [-0.25, -0.2) is 0 Å². The molecule has 78 valence electrons. The summed E-state index contributed by atoms with van der Waals surface area (Å²) in [7, 11) is 0. The highest BCUT2D eigenvalue weighted by Gasteiger charge is 2.39. The van der Waals surface area contributed by atoms with Gasteiger partial charge in [0, 0.05) is 9.35 Å². The van der Waals surface area contributed by atoms with Crippen LogP contribution in [0.3, 0.4) is 0 Å². The summed E-state index contributed by atoms with van der Waals surface area (Å²) in [4.78, 5) is 1.55. The van der Waals surface area contributed by atoms with Crippen molar-refractivity contribution in [2.75, 3.05) is 13.1 Å². The van der Waals surface area contributed by atoms with E-state index in [-0.39, 0.29) is 0 Å². The molecule has 2 atom stereocenters. The first-order chi connectivity index (χ1) is 6.83. The van der Waals surface area contributed by atoms with Crippen LogP contribution >= 0.6 is 27.3 Å². The van der Waals surface area contributed by atoms with Gasteiger partial charge in [-0.2, -0.15) is 0 Å². The van der Waals surface area contributed by atoms with Crippen molar-refractivity contribution in [2.24, 2.45) is 5.92 Å². The van der Waals surface area contributed by atoms with Crippen molar-refractivity contribution in [1.29, 1.82) is 0 Å². The third-order valence-corrected chi connectivity index (χ3v) is 4.74. The van der Waals surface area contributed by atoms with E-state index in [1.807, 2.05) is 11.3 Å². The Morgan fingerprint density at radius 2 is 2.50 bits per heavy atom. The SMILES string of the molecule is CCCNCC1CC1c1sccc1Br. The third-order valence-electron chi connectivity index (χ3n) is 2.74. The van der Waals surface area contributed by atoms with Crippen molar-refractivity contribution in [3.63, 3.8) is 0 Å². The second-order valence-electron chi connectivity index (χ2n) is 3.94. The maximum atomic E-state index is 3.61. The predicted molar refractivity (Wildman–Crippen MR) is 66.0 cm³/mol. The van der Waals surface area contributed by atoms with Crippen molar-refractivity contribution in [3.8, 4) is 0 Å². The van der Waals surface area contributed by atoms with Crippen LogP contribution in [-0.4, -0.2) is 13.1 Å². The number of halogens is 1. The minimum absolute atomic E-state index is 0.828. The lowest BCUT2D eigenvalue weighted by Crippen LogP contribution is -2.17. The van der Waals surface area contributed by atoms with Crippen LogP contribution in [-0.2, 0) is 0 Å². The van der Waals surface area contributed by atoms with Crippen LogP contribution in [0, 0.1) is 5.92 Å². The molecule has 1 aliphatic carbocycles. The van der Waals surface area contributed by atoms with Crippen LogP contribution in [0.2, 0.25) is 0 Å². The summed E-state index contributed by atoms with van der Waals surface area (Å²) in [5, 5.41) is 5.67. The summed E-state index contributed by atoms with van der Waals surface area (Å²) < 4.78 is 1.31. The average Bonchev–Trinajstić information content (AvgIpc) is 2.81. The van der Waals surface area contributed by atoms with E-state index in [1.54, 1.807) is 4.88 Å². The van der Waals surface area contributed by atoms with Gasteiger partial charge in [-0.05, 0) is 65.1 Å². The Balaban J connectivity index is 1.79. The van der Waals surface area contributed by atoms with E-state index in [2.05, 4.69) is 39.6 Å². The van der Waals surface area contributed by atoms with Crippen LogP contribution in [0.5, 0.6) is 0 Å². The molecule has 1 aliphatic rings. The van der Waals surface area contributed by atoms with E-state index in [0.717, 1.165) is 18.4 Å². The molecular weight excluding hydrogens is 258 g/mol. The van der Waals surface area contributed by atoms with Gasteiger partial charge < -0.3 is 5.32 Å². The van der Waals surface area contributed by atoms with Gasteiger partial charge in [-0.15, -0.1) is 11.3 Å². The lowest BCUT2D eigenvalue weighted by Gasteiger charge is -2.01. The highest BCUT2D eigenvalue weighted by Crippen LogP contribution is 2.51. The van der Waals surface area contributed by atoms with Gasteiger partial charge in [0.05, 0.1) is 0 Å². The molecule has 2 rings (SSSR count). The van der Waals surface area contributed by atoms with E-state index in [4.69, 9.17) is 0 Å². The van der Waals surface area contributed by atoms with Crippen LogP contribution in [0.25, 0.3) is 0 Å². The summed E-state index contributed by atoms with van der Waals surface area (Å²) in [5.74, 6) is 1.71. The molecule has 14 heavy (non-hydrogen) atoms. The molecule has 1 aromatic heterocycles. The minimum atomic E-state index is 0.828. The molecule has 1 heterocycles. The zero-order valence-corrected chi connectivity index (χ0v) is 10.8. The monoisotopic (exact) mass is 273 g/mol. The van der Waals surface area contributed by atoms with Crippen molar-refractivity contribution >= 4 is 27.3 Å². The van der Waals surface area contributed by atoms with E-state index in [9.17, 15) is 0 Å². The van der Waals surface area contributed by atoms with Gasteiger partial charge in [-0.1, -0.05) is 6.92 Å². The van der Waals surface area contributed by atoms with Gasteiger partial charge in [0.1, 0.15) is 0 Å². The van der Waals surface area contributed by atoms with Crippen molar-refractivity contribution in [3.05, 3.63) is 20.8 Å². The van der Waals surface area contributed by atoms with E-state index < -0.39 is 0 Å². The predicted octanol–water partition coefficient (Wildman–Crippen LogP) is 3.61. The largest absolute Gasteiger partial charge is 0.316 e. The number of rotatable bonds is 5. The highest BCUT2D eigenvalue weighted by atomic mass is 79.9. The van der Waals surface area contributed by atoms with Crippen LogP contribution in [0.15, 0.2) is 15.9 Å². The third kappa shape index (κ3) is 2.38. The second-order valence-corrected chi connectivity index (χ2v) is 5.74. The van der Waals surface area contributed by atoms with Crippen molar-refractivity contribution in [1.82, 2.24) is 5.32 Å². The summed E-state index contributed by atoms with van der Waals surface area (Å²) in [6.07, 6.45) is 2.61. The van der Waals surface area contributed by atoms with Crippen molar-refractivity contribution < 1.29 is 0 Å². The number of thiophene rings is 1. The Labute approximate surface area is 98.0 Å². The molecule has 0 saturated heterocycles. The van der Waals surface area contributed by atoms with Crippen LogP contribution in [0.4, 0.5) is 0 Å². The normalized spacial score (nSPS) is 25.3. The van der Waals surface area contributed by atoms with E-state index >= 15 is 0 Å². The Morgan fingerprint density at radius 3 is 3.14 bits per heavy atom. The fraction of sp³-hybridized carbons (Fsp3) is 0.636. The molecule has 2 unspecified atom stereocenters. The fourth-order valence-corrected chi connectivity index (χ4v) is 3.70. The number of hydrogen-bond acceptors (Lipinski definition) is 2. The molecule has 1 aromatic rings. The molecule has 1 fully saturated rings. The maximum absolute atomic E-state index is 3.61. The summed E-state index contributed by atoms with van der Waals surface area (Å²) in [6, 6.07) is 2.16. The van der Waals surface area contributed by atoms with Gasteiger partial charge in [-0.3, -0.25) is 0 Å². The molecular formula is C11H16BrNS. The molecule has 0 aliphatic heterocycles. The quantitative estimate of drug-likeness (QED) is 0.809. The Bertz CT molecular complexity index is 297. The molecule has 1 nitrogen and oxygen atoms in total. The first kappa shape index (κ1) is 10.7. The minimum Gasteiger partial charge on any atom is -0.316 e. The average molecular weight is 274 g/mol. The summed E-state index contributed by atoms with van der Waals surface area (Å²) in [6.45, 7) is 4.57. The first-order valence-electron chi connectivity index (χ1n) is 5.26. The Kier molecular flexibility index (Phi) is 3.63. The molecule has 0 radical (unpaired) electrons. The molecule has 3 heteroatoms. The molecule has 0 bridgehead atoms. The standard InChI is InChI=1S/C11H16BrNS/c1-2-4-13-7-8-6-9(8)11-10(12)3-5-14-11/h3,5,8-9,13H,2,4,6-7H2,1H3. The molecule has 1 N–H and O–H groups in total. The molecule has 0 amide bonds. The second kappa shape index (κ2) is 4.77. The van der Waals surface area contributed by atoms with Gasteiger partial charge in [0.25, 0.3) is 0 Å². The van der Waals surface area contributed by atoms with Crippen molar-refractivity contribution in [2.45, 2.75) is 25.7 Å². The van der Waals surface area contributed by atoms with E-state index in [0.29, 0.717) is 0 Å². The zero-order valence-electron chi connectivity index (χ0n) is 8.42. The first-order valence-corrected chi connectivity index (χ1v) is 6.93. The smallest absolute Gasteiger partial charge is 0.0317 e. The van der Waals surface area contributed by atoms with Gasteiger partial charge in [0.15, 0.2) is 0 Å². The maximum Gasteiger partial charge on any atom is 0.0317 e. The molecule has 1 saturated carbocycles. The fourth-order valence-electron chi connectivity index (χ4n) is 1.83. The van der Waals surface area contributed by atoms with E-state index in [1.165, 1.54) is 23.9 Å². The van der Waals surface area contributed by atoms with Gasteiger partial charge >= 0.3 is 0 Å². The Morgan fingerprint density at radius 1 is 1.64 bits per heavy atom. The van der Waals surface area contributed by atoms with Crippen LogP contribution < -0.4 is 5.32 Å². The Hall–Kier alpha value is 0.140. The lowest BCUT2D eigenvalue weighted by molar-refractivity contribution is 0.621. The topological polar surface area (TPSA) is 12.0 Å². The molecule has 0 spiro atoms. The molecule has 0 aromatic carbocycles. The number of hydrogen-bond donors (Lipinski definition) is 1. The summed E-state index contributed by atoms with van der Waals surface area (Å²) >= 11 is 5.49. The number of nitrogens with one attached hydrogen (secondary N) is 1. The summed E-state index contributed by atoms with van der Waals surface area (Å²) in [5.41, 5.74) is 0. The highest BCUT2D eigenvalue weighted by molar-refractivity contribution is 9.10. The van der Waals surface area contributed by atoms with Gasteiger partial charge in [0.2, 0.25) is 0 Å². The lowest BCUT2D eigenvalue weighted by atomic mass is 10.2. The zero-order chi connectivity index (χ0) is 9.97. The van der Waals surface area contributed by atoms with Crippen LogP contribution in [0.1, 0.15) is 30.6 Å².